The lowest BCUT2D eigenvalue weighted by atomic mass is 10.0. The quantitative estimate of drug-likeness (QED) is 0.445. The Kier molecular flexibility index (Phi) is 2.67. The molecule has 1 saturated carbocycles. The first-order chi connectivity index (χ1) is 5.25. The van der Waals surface area contributed by atoms with Gasteiger partial charge in [-0.15, -0.1) is 0 Å². The summed E-state index contributed by atoms with van der Waals surface area (Å²) >= 11 is 5.33. The van der Waals surface area contributed by atoms with E-state index in [-0.39, 0.29) is 11.2 Å². The summed E-state index contributed by atoms with van der Waals surface area (Å²) < 4.78 is 0. The van der Waals surface area contributed by atoms with Crippen LogP contribution in [0.4, 0.5) is 0 Å². The van der Waals surface area contributed by atoms with E-state index in [4.69, 9.17) is 16.9 Å². The fourth-order valence-electron chi connectivity index (χ4n) is 1.38. The summed E-state index contributed by atoms with van der Waals surface area (Å²) in [6, 6.07) is 1.92. The maximum Gasteiger partial charge on any atom is 0.228 e. The molecular formula is C8H8ClNO. The van der Waals surface area contributed by atoms with E-state index in [2.05, 4.69) is 0 Å². The molecule has 0 aliphatic heterocycles. The van der Waals surface area contributed by atoms with Gasteiger partial charge in [-0.1, -0.05) is 0 Å². The Morgan fingerprint density at radius 3 is 3.09 bits per heavy atom. The number of hydrogen-bond acceptors (Lipinski definition) is 2. The predicted molar refractivity (Wildman–Crippen MR) is 41.9 cm³/mol. The molecule has 1 aliphatic carbocycles. The van der Waals surface area contributed by atoms with Gasteiger partial charge in [0.15, 0.2) is 0 Å². The van der Waals surface area contributed by atoms with Crippen molar-refractivity contribution < 1.29 is 4.79 Å². The molecule has 0 heterocycles. The highest BCUT2D eigenvalue weighted by molar-refractivity contribution is 6.64. The van der Waals surface area contributed by atoms with Gasteiger partial charge in [-0.25, -0.2) is 0 Å². The summed E-state index contributed by atoms with van der Waals surface area (Å²) in [6.07, 6.45) is 4.06. The van der Waals surface area contributed by atoms with Crippen molar-refractivity contribution in [3.63, 3.8) is 0 Å². The summed E-state index contributed by atoms with van der Waals surface area (Å²) in [5.41, 5.74) is 0.896. The van der Waals surface area contributed by atoms with E-state index in [0.717, 1.165) is 24.8 Å². The second-order valence-electron chi connectivity index (χ2n) is 2.60. The maximum atomic E-state index is 10.7. The van der Waals surface area contributed by atoms with Gasteiger partial charge in [0.2, 0.25) is 5.24 Å². The minimum Gasteiger partial charge on any atom is -0.281 e. The van der Waals surface area contributed by atoms with Crippen molar-refractivity contribution in [2.24, 2.45) is 5.92 Å². The number of nitrogens with zero attached hydrogens (tertiary/aromatic N) is 1. The van der Waals surface area contributed by atoms with E-state index >= 15 is 0 Å². The van der Waals surface area contributed by atoms with Crippen LogP contribution in [0.15, 0.2) is 11.6 Å². The lowest BCUT2D eigenvalue weighted by Gasteiger charge is -2.02. The monoisotopic (exact) mass is 169 g/mol. The van der Waals surface area contributed by atoms with Crippen LogP contribution in [0.25, 0.3) is 0 Å². The summed E-state index contributed by atoms with van der Waals surface area (Å²) in [5, 5.41) is 8.02. The van der Waals surface area contributed by atoms with Gasteiger partial charge in [0.05, 0.1) is 12.0 Å². The zero-order valence-corrected chi connectivity index (χ0v) is 6.77. The average molecular weight is 170 g/mol. The molecule has 1 unspecified atom stereocenters. The highest BCUT2D eigenvalue weighted by atomic mass is 35.5. The van der Waals surface area contributed by atoms with E-state index in [0.29, 0.717) is 0 Å². The summed E-state index contributed by atoms with van der Waals surface area (Å²) in [7, 11) is 0. The third-order valence-corrected chi connectivity index (χ3v) is 2.19. The Balaban J connectivity index is 2.75. The SMILES string of the molecule is N#C/C=C1/CCCC1C(=O)Cl. The molecule has 1 rings (SSSR count). The fraction of sp³-hybridized carbons (Fsp3) is 0.500. The number of hydrogen-bond donors (Lipinski definition) is 0. The van der Waals surface area contributed by atoms with Crippen LogP contribution in [-0.2, 0) is 4.79 Å². The topological polar surface area (TPSA) is 40.9 Å². The molecule has 0 amide bonds. The molecule has 1 aliphatic rings. The van der Waals surface area contributed by atoms with Crippen molar-refractivity contribution in [1.82, 2.24) is 0 Å². The van der Waals surface area contributed by atoms with Crippen LogP contribution in [0.3, 0.4) is 0 Å². The third kappa shape index (κ3) is 1.81. The molecule has 0 bridgehead atoms. The van der Waals surface area contributed by atoms with Gasteiger partial charge in [-0.2, -0.15) is 5.26 Å². The molecule has 0 radical (unpaired) electrons. The van der Waals surface area contributed by atoms with Crippen LogP contribution in [0.2, 0.25) is 0 Å². The van der Waals surface area contributed by atoms with Gasteiger partial charge in [0, 0.05) is 6.08 Å². The summed E-state index contributed by atoms with van der Waals surface area (Å²) in [5.74, 6) is -0.184. The van der Waals surface area contributed by atoms with Crippen LogP contribution in [-0.4, -0.2) is 5.24 Å². The number of nitriles is 1. The van der Waals surface area contributed by atoms with Crippen LogP contribution < -0.4 is 0 Å². The third-order valence-electron chi connectivity index (χ3n) is 1.93. The van der Waals surface area contributed by atoms with Crippen molar-refractivity contribution in [2.45, 2.75) is 19.3 Å². The molecule has 0 spiro atoms. The Labute approximate surface area is 70.5 Å². The van der Waals surface area contributed by atoms with Crippen LogP contribution in [0, 0.1) is 17.2 Å². The molecule has 0 aromatic rings. The first kappa shape index (κ1) is 8.29. The maximum absolute atomic E-state index is 10.7. The van der Waals surface area contributed by atoms with Crippen molar-refractivity contribution >= 4 is 16.8 Å². The van der Waals surface area contributed by atoms with E-state index in [1.165, 1.54) is 6.08 Å². The number of carbonyl (C=O) groups is 1. The van der Waals surface area contributed by atoms with Crippen LogP contribution >= 0.6 is 11.6 Å². The number of rotatable bonds is 1. The highest BCUT2D eigenvalue weighted by Crippen LogP contribution is 2.32. The molecule has 11 heavy (non-hydrogen) atoms. The van der Waals surface area contributed by atoms with E-state index in [9.17, 15) is 4.79 Å². The summed E-state index contributed by atoms with van der Waals surface area (Å²) in [4.78, 5) is 10.7. The van der Waals surface area contributed by atoms with Crippen molar-refractivity contribution in [3.05, 3.63) is 11.6 Å². The first-order valence-electron chi connectivity index (χ1n) is 3.53. The molecule has 1 fully saturated rings. The van der Waals surface area contributed by atoms with Crippen molar-refractivity contribution in [1.29, 1.82) is 5.26 Å². The number of allylic oxidation sites excluding steroid dienone is 2. The summed E-state index contributed by atoms with van der Waals surface area (Å²) in [6.45, 7) is 0. The zero-order chi connectivity index (χ0) is 8.27. The Morgan fingerprint density at radius 1 is 1.82 bits per heavy atom. The molecule has 0 N–H and O–H groups in total. The van der Waals surface area contributed by atoms with E-state index in [1.54, 1.807) is 0 Å². The Morgan fingerprint density at radius 2 is 2.55 bits per heavy atom. The predicted octanol–water partition coefficient (Wildman–Crippen LogP) is 2.00. The molecule has 3 heteroatoms. The van der Waals surface area contributed by atoms with E-state index < -0.39 is 0 Å². The average Bonchev–Trinajstić information content (AvgIpc) is 2.36. The lowest BCUT2D eigenvalue weighted by molar-refractivity contribution is -0.114. The van der Waals surface area contributed by atoms with Gasteiger partial charge in [-0.3, -0.25) is 4.79 Å². The minimum atomic E-state index is -0.330. The zero-order valence-electron chi connectivity index (χ0n) is 6.01. The molecule has 0 aromatic heterocycles. The molecule has 0 aromatic carbocycles. The normalized spacial score (nSPS) is 26.9. The minimum absolute atomic E-state index is 0.184. The van der Waals surface area contributed by atoms with Gasteiger partial charge in [0.25, 0.3) is 0 Å². The molecule has 1 atom stereocenters. The Bertz CT molecular complexity index is 239. The molecule has 0 saturated heterocycles. The molecule has 2 nitrogen and oxygen atoms in total. The van der Waals surface area contributed by atoms with E-state index in [1.807, 2.05) is 6.07 Å². The molecular weight excluding hydrogens is 162 g/mol. The van der Waals surface area contributed by atoms with Gasteiger partial charge < -0.3 is 0 Å². The second-order valence-corrected chi connectivity index (χ2v) is 2.97. The standard InChI is InChI=1S/C8H8ClNO/c9-8(11)7-3-1-2-6(7)4-5-10/h4,7H,1-3H2/b6-4-. The van der Waals surface area contributed by atoms with Crippen molar-refractivity contribution in [3.8, 4) is 6.07 Å². The van der Waals surface area contributed by atoms with Gasteiger partial charge >= 0.3 is 0 Å². The van der Waals surface area contributed by atoms with Crippen LogP contribution in [0.1, 0.15) is 19.3 Å². The van der Waals surface area contributed by atoms with Crippen molar-refractivity contribution in [2.75, 3.05) is 0 Å². The van der Waals surface area contributed by atoms with Gasteiger partial charge in [-0.05, 0) is 36.4 Å². The Hall–Kier alpha value is -0.810. The first-order valence-corrected chi connectivity index (χ1v) is 3.91. The molecule has 58 valence electrons. The highest BCUT2D eigenvalue weighted by Gasteiger charge is 2.25. The fourth-order valence-corrected chi connectivity index (χ4v) is 1.63. The van der Waals surface area contributed by atoms with Gasteiger partial charge in [0.1, 0.15) is 0 Å². The van der Waals surface area contributed by atoms with Crippen LogP contribution in [0.5, 0.6) is 0 Å². The largest absolute Gasteiger partial charge is 0.281 e. The second kappa shape index (κ2) is 3.54. The lowest BCUT2D eigenvalue weighted by Crippen LogP contribution is -2.04. The smallest absolute Gasteiger partial charge is 0.228 e. The number of halogens is 1. The number of carbonyl (C=O) groups excluding carboxylic acids is 1.